The second kappa shape index (κ2) is 9.00. The van der Waals surface area contributed by atoms with Crippen molar-refractivity contribution in [3.63, 3.8) is 0 Å². The van der Waals surface area contributed by atoms with Crippen LogP contribution in [0.5, 0.6) is 0 Å². The molecule has 2 atom stereocenters. The summed E-state index contributed by atoms with van der Waals surface area (Å²) in [5, 5.41) is 11.9. The summed E-state index contributed by atoms with van der Waals surface area (Å²) >= 11 is 1.49. The van der Waals surface area contributed by atoms with Gasteiger partial charge in [-0.25, -0.2) is 8.78 Å². The van der Waals surface area contributed by atoms with Gasteiger partial charge in [-0.3, -0.25) is 4.79 Å². The molecule has 21 heavy (non-hydrogen) atoms. The maximum Gasteiger partial charge on any atom is 0.220 e. The van der Waals surface area contributed by atoms with E-state index in [1.807, 2.05) is 13.2 Å². The number of nitrogens with one attached hydrogen (secondary N) is 1. The Morgan fingerprint density at radius 2 is 2.14 bits per heavy atom. The Morgan fingerprint density at radius 3 is 2.76 bits per heavy atom. The molecule has 0 fully saturated rings. The molecule has 2 unspecified atom stereocenters. The third-order valence-corrected chi connectivity index (χ3v) is 4.45. The number of halogens is 2. The van der Waals surface area contributed by atoms with Crippen molar-refractivity contribution in [2.75, 3.05) is 12.9 Å². The maximum absolute atomic E-state index is 13.4. The first-order chi connectivity index (χ1) is 9.97. The summed E-state index contributed by atoms with van der Waals surface area (Å²) < 4.78 is 26.4. The lowest BCUT2D eigenvalue weighted by molar-refractivity contribution is -0.121. The predicted octanol–water partition coefficient (Wildman–Crippen LogP) is 2.52. The van der Waals surface area contributed by atoms with Crippen LogP contribution in [0.4, 0.5) is 8.78 Å². The highest BCUT2D eigenvalue weighted by Crippen LogP contribution is 2.13. The number of carbonyl (C=O) groups is 1. The highest BCUT2D eigenvalue weighted by Gasteiger charge is 2.17. The smallest absolute Gasteiger partial charge is 0.220 e. The SMILES string of the molecule is CSC(CO)C(C)NC(=O)CCCc1cc(F)ccc1F. The zero-order valence-electron chi connectivity index (χ0n) is 12.2. The van der Waals surface area contributed by atoms with Crippen molar-refractivity contribution < 1.29 is 18.7 Å². The van der Waals surface area contributed by atoms with E-state index < -0.39 is 11.6 Å². The molecule has 1 amide bonds. The van der Waals surface area contributed by atoms with Crippen molar-refractivity contribution in [1.29, 1.82) is 0 Å². The van der Waals surface area contributed by atoms with E-state index >= 15 is 0 Å². The van der Waals surface area contributed by atoms with Gasteiger partial charge in [0.2, 0.25) is 5.91 Å². The average Bonchev–Trinajstić information content (AvgIpc) is 2.44. The zero-order chi connectivity index (χ0) is 15.8. The van der Waals surface area contributed by atoms with Gasteiger partial charge < -0.3 is 10.4 Å². The van der Waals surface area contributed by atoms with Gasteiger partial charge >= 0.3 is 0 Å². The van der Waals surface area contributed by atoms with Gasteiger partial charge in [-0.1, -0.05) is 0 Å². The monoisotopic (exact) mass is 317 g/mol. The van der Waals surface area contributed by atoms with Crippen molar-refractivity contribution in [2.24, 2.45) is 0 Å². The zero-order valence-corrected chi connectivity index (χ0v) is 13.1. The number of hydrogen-bond acceptors (Lipinski definition) is 3. The molecule has 0 radical (unpaired) electrons. The molecule has 0 aromatic heterocycles. The van der Waals surface area contributed by atoms with Crippen LogP contribution in [0.3, 0.4) is 0 Å². The molecular weight excluding hydrogens is 296 g/mol. The van der Waals surface area contributed by atoms with E-state index in [1.165, 1.54) is 11.8 Å². The first-order valence-electron chi connectivity index (χ1n) is 6.85. The molecule has 3 nitrogen and oxygen atoms in total. The van der Waals surface area contributed by atoms with Gasteiger partial charge in [0.15, 0.2) is 0 Å². The summed E-state index contributed by atoms with van der Waals surface area (Å²) in [6.45, 7) is 1.83. The van der Waals surface area contributed by atoms with Gasteiger partial charge in [0.25, 0.3) is 0 Å². The number of aliphatic hydroxyl groups is 1. The van der Waals surface area contributed by atoms with Crippen LogP contribution in [0.1, 0.15) is 25.3 Å². The van der Waals surface area contributed by atoms with Crippen molar-refractivity contribution in [3.05, 3.63) is 35.4 Å². The Hall–Kier alpha value is -1.14. The number of thioether (sulfide) groups is 1. The van der Waals surface area contributed by atoms with Crippen LogP contribution in [-0.4, -0.2) is 35.2 Å². The molecule has 0 saturated carbocycles. The third kappa shape index (κ3) is 6.01. The fraction of sp³-hybridized carbons (Fsp3) is 0.533. The molecule has 118 valence electrons. The molecule has 0 bridgehead atoms. The molecule has 0 aliphatic carbocycles. The molecule has 0 spiro atoms. The summed E-state index contributed by atoms with van der Waals surface area (Å²) in [4.78, 5) is 11.8. The highest BCUT2D eigenvalue weighted by atomic mass is 32.2. The molecule has 0 aliphatic rings. The Bertz CT molecular complexity index is 467. The molecule has 0 heterocycles. The summed E-state index contributed by atoms with van der Waals surface area (Å²) in [5.74, 6) is -1.07. The van der Waals surface area contributed by atoms with Gasteiger partial charge in [0.05, 0.1) is 6.61 Å². The largest absolute Gasteiger partial charge is 0.395 e. The molecule has 2 N–H and O–H groups in total. The molecule has 0 aliphatic heterocycles. The average molecular weight is 317 g/mol. The summed E-state index contributed by atoms with van der Waals surface area (Å²) in [7, 11) is 0. The lowest BCUT2D eigenvalue weighted by Crippen LogP contribution is -2.41. The first kappa shape index (κ1) is 17.9. The van der Waals surface area contributed by atoms with Crippen LogP contribution < -0.4 is 5.32 Å². The van der Waals surface area contributed by atoms with Gasteiger partial charge in [0.1, 0.15) is 11.6 Å². The molecule has 1 rings (SSSR count). The van der Waals surface area contributed by atoms with Crippen molar-refractivity contribution in [3.8, 4) is 0 Å². The predicted molar refractivity (Wildman–Crippen MR) is 81.3 cm³/mol. The van der Waals surface area contributed by atoms with Crippen LogP contribution in [0.2, 0.25) is 0 Å². The summed E-state index contributed by atoms with van der Waals surface area (Å²) in [6, 6.07) is 3.19. The van der Waals surface area contributed by atoms with E-state index in [2.05, 4.69) is 5.32 Å². The number of aryl methyl sites for hydroxylation is 1. The minimum absolute atomic E-state index is 0.00286. The third-order valence-electron chi connectivity index (χ3n) is 3.29. The number of amides is 1. The number of hydrogen-bond donors (Lipinski definition) is 2. The Morgan fingerprint density at radius 1 is 1.43 bits per heavy atom. The van der Waals surface area contributed by atoms with E-state index in [1.54, 1.807) is 0 Å². The number of rotatable bonds is 8. The molecule has 6 heteroatoms. The summed E-state index contributed by atoms with van der Waals surface area (Å²) in [6.07, 6.45) is 2.88. The van der Waals surface area contributed by atoms with E-state index in [9.17, 15) is 13.6 Å². The molecule has 1 aromatic carbocycles. The number of benzene rings is 1. The Kier molecular flexibility index (Phi) is 7.67. The normalized spacial score (nSPS) is 13.8. The van der Waals surface area contributed by atoms with Gasteiger partial charge in [-0.2, -0.15) is 11.8 Å². The van der Waals surface area contributed by atoms with Gasteiger partial charge in [-0.05, 0) is 49.8 Å². The maximum atomic E-state index is 13.4. The second-order valence-corrected chi connectivity index (χ2v) is 5.98. The van der Waals surface area contributed by atoms with Crippen molar-refractivity contribution in [2.45, 2.75) is 37.5 Å². The minimum atomic E-state index is -0.477. The van der Waals surface area contributed by atoms with Crippen LogP contribution in [0.25, 0.3) is 0 Å². The summed E-state index contributed by atoms with van der Waals surface area (Å²) in [5.41, 5.74) is 0.285. The lowest BCUT2D eigenvalue weighted by atomic mass is 10.1. The highest BCUT2D eigenvalue weighted by molar-refractivity contribution is 7.99. The minimum Gasteiger partial charge on any atom is -0.395 e. The van der Waals surface area contributed by atoms with Crippen LogP contribution in [-0.2, 0) is 11.2 Å². The second-order valence-electron chi connectivity index (χ2n) is 4.90. The molecule has 1 aromatic rings. The Balaban J connectivity index is 2.38. The Labute approximate surface area is 128 Å². The molecule has 0 saturated heterocycles. The lowest BCUT2D eigenvalue weighted by Gasteiger charge is -2.21. The van der Waals surface area contributed by atoms with Crippen molar-refractivity contribution in [1.82, 2.24) is 5.32 Å². The van der Waals surface area contributed by atoms with Crippen LogP contribution >= 0.6 is 11.8 Å². The standard InChI is InChI=1S/C15H21F2NO2S/c1-10(14(9-19)21-2)18-15(20)5-3-4-11-8-12(16)6-7-13(11)17/h6-8,10,14,19H,3-5,9H2,1-2H3,(H,18,20). The fourth-order valence-electron chi connectivity index (χ4n) is 2.03. The van der Waals surface area contributed by atoms with Crippen molar-refractivity contribution >= 4 is 17.7 Å². The van der Waals surface area contributed by atoms with E-state index in [-0.39, 0.29) is 35.8 Å². The first-order valence-corrected chi connectivity index (χ1v) is 8.13. The van der Waals surface area contributed by atoms with E-state index in [4.69, 9.17) is 5.11 Å². The number of aliphatic hydroxyl groups excluding tert-OH is 1. The topological polar surface area (TPSA) is 49.3 Å². The van der Waals surface area contributed by atoms with Gasteiger partial charge in [-0.15, -0.1) is 0 Å². The quantitative estimate of drug-likeness (QED) is 0.774. The molecular formula is C15H21F2NO2S. The van der Waals surface area contributed by atoms with E-state index in [0.717, 1.165) is 18.2 Å². The van der Waals surface area contributed by atoms with Crippen LogP contribution in [0.15, 0.2) is 18.2 Å². The van der Waals surface area contributed by atoms with Crippen LogP contribution in [0, 0.1) is 11.6 Å². The fourth-order valence-corrected chi connectivity index (χ4v) is 2.66. The van der Waals surface area contributed by atoms with E-state index in [0.29, 0.717) is 12.8 Å². The van der Waals surface area contributed by atoms with Gasteiger partial charge in [0, 0.05) is 17.7 Å². The number of carbonyl (C=O) groups excluding carboxylic acids is 1.